The molecule has 9 heteroatoms. The average molecular weight is 655 g/mol. The molecule has 1 aromatic rings. The van der Waals surface area contributed by atoms with E-state index in [1.165, 1.54) is 18.2 Å². The largest absolute Gasteiger partial charge is 0.508 e. The van der Waals surface area contributed by atoms with Crippen LogP contribution < -0.4 is 0 Å². The van der Waals surface area contributed by atoms with Crippen LogP contribution in [-0.2, 0) is 9.53 Å². The highest BCUT2D eigenvalue weighted by atomic mass is 16.5. The molecule has 4 saturated carbocycles. The van der Waals surface area contributed by atoms with Crippen LogP contribution in [0.2, 0.25) is 0 Å². The molecule has 14 atom stereocenters. The molecule has 0 radical (unpaired) electrons. The second-order valence-corrected chi connectivity index (χ2v) is 17.6. The number of phenols is 2. The first-order valence-electron chi connectivity index (χ1n) is 17.8. The maximum atomic E-state index is 14.6. The first kappa shape index (κ1) is 33.5. The van der Waals surface area contributed by atoms with E-state index in [0.29, 0.717) is 17.6 Å². The molecule has 0 amide bonds. The molecule has 0 aromatic heterocycles. The Bertz CT molecular complexity index is 1460. The second-order valence-electron chi connectivity index (χ2n) is 17.6. The Balaban J connectivity index is 1.37. The minimum Gasteiger partial charge on any atom is -0.508 e. The van der Waals surface area contributed by atoms with Gasteiger partial charge in [-0.3, -0.25) is 4.79 Å². The summed E-state index contributed by atoms with van der Waals surface area (Å²) in [5.41, 5.74) is -3.95. The summed E-state index contributed by atoms with van der Waals surface area (Å²) in [5.74, 6) is -3.01. The first-order chi connectivity index (χ1) is 21.8. The predicted octanol–water partition coefficient (Wildman–Crippen LogP) is 3.95. The monoisotopic (exact) mass is 654 g/mol. The Morgan fingerprint density at radius 3 is 2.15 bits per heavy atom. The Hall–Kier alpha value is -2.01. The van der Waals surface area contributed by atoms with Crippen LogP contribution >= 0.6 is 0 Å². The number of phenolic OH excluding ortho intramolecular Hbond substituents is 2. The van der Waals surface area contributed by atoms with Crippen molar-refractivity contribution in [2.24, 2.45) is 45.8 Å². The van der Waals surface area contributed by atoms with Crippen LogP contribution in [-0.4, -0.2) is 83.3 Å². The van der Waals surface area contributed by atoms with Crippen molar-refractivity contribution >= 4 is 5.78 Å². The molecular weight excluding hydrogens is 600 g/mol. The number of carbonyl (C=O) groups is 1. The molecule has 1 aromatic carbocycles. The molecule has 1 aliphatic heterocycles. The number of aliphatic hydroxyl groups is 5. The van der Waals surface area contributed by atoms with E-state index in [-0.39, 0.29) is 53.3 Å². The van der Waals surface area contributed by atoms with Gasteiger partial charge < -0.3 is 40.5 Å². The predicted molar refractivity (Wildman–Crippen MR) is 173 cm³/mol. The van der Waals surface area contributed by atoms with Gasteiger partial charge in [-0.05, 0) is 90.5 Å². The average Bonchev–Trinajstić information content (AvgIpc) is 3.59. The Morgan fingerprint density at radius 2 is 1.55 bits per heavy atom. The van der Waals surface area contributed by atoms with Gasteiger partial charge in [0.1, 0.15) is 17.6 Å². The van der Waals surface area contributed by atoms with Gasteiger partial charge in [0.15, 0.2) is 5.78 Å². The van der Waals surface area contributed by atoms with E-state index in [4.69, 9.17) is 4.74 Å². The van der Waals surface area contributed by atoms with E-state index in [2.05, 4.69) is 0 Å². The SMILES string of the molecule is CC(C)[C@H](C)[C@H](O)[C@H]1O[C@H]2C[C@]3(O)C4=CC(=O)[C@H]5[C@H](c6cc(O)cc(O)c6)[C@@H](O)[C@@H](O)C[C@]5(C)[C@@H]4C4(CCCC4)C[C@]3(C)[C@@H]2[C@@]1(C)O. The smallest absolute Gasteiger partial charge is 0.160 e. The zero-order chi connectivity index (χ0) is 34.2. The summed E-state index contributed by atoms with van der Waals surface area (Å²) >= 11 is 0. The van der Waals surface area contributed by atoms with Crippen molar-refractivity contribution in [3.8, 4) is 11.5 Å². The molecule has 5 aliphatic carbocycles. The van der Waals surface area contributed by atoms with Gasteiger partial charge in [0.05, 0.1) is 35.6 Å². The highest BCUT2D eigenvalue weighted by molar-refractivity contribution is 5.96. The van der Waals surface area contributed by atoms with Crippen molar-refractivity contribution in [1.82, 2.24) is 0 Å². The fourth-order valence-corrected chi connectivity index (χ4v) is 12.8. The lowest BCUT2D eigenvalue weighted by atomic mass is 9.37. The quantitative estimate of drug-likeness (QED) is 0.254. The van der Waals surface area contributed by atoms with Gasteiger partial charge in [0.2, 0.25) is 0 Å². The summed E-state index contributed by atoms with van der Waals surface area (Å²) in [6, 6.07) is 4.08. The van der Waals surface area contributed by atoms with Crippen molar-refractivity contribution in [3.05, 3.63) is 35.4 Å². The van der Waals surface area contributed by atoms with Gasteiger partial charge in [0.25, 0.3) is 0 Å². The lowest BCUT2D eigenvalue weighted by Crippen LogP contribution is -2.68. The molecule has 1 heterocycles. The van der Waals surface area contributed by atoms with Crippen LogP contribution in [0.15, 0.2) is 29.8 Å². The molecule has 260 valence electrons. The van der Waals surface area contributed by atoms with Crippen LogP contribution in [0.25, 0.3) is 0 Å². The Morgan fingerprint density at radius 1 is 0.936 bits per heavy atom. The summed E-state index contributed by atoms with van der Waals surface area (Å²) in [7, 11) is 0. The van der Waals surface area contributed by atoms with Crippen LogP contribution in [0.4, 0.5) is 0 Å². The lowest BCUT2D eigenvalue weighted by Gasteiger charge is -2.67. The topological polar surface area (TPSA) is 168 Å². The number of allylic oxidation sites excluding steroid dienone is 1. The maximum absolute atomic E-state index is 14.6. The van der Waals surface area contributed by atoms with Crippen LogP contribution in [0.5, 0.6) is 11.5 Å². The fourth-order valence-electron chi connectivity index (χ4n) is 12.8. The molecule has 1 saturated heterocycles. The number of fused-ring (bicyclic) bond motifs is 8. The minimum atomic E-state index is -1.48. The zero-order valence-corrected chi connectivity index (χ0v) is 28.6. The Labute approximate surface area is 277 Å². The van der Waals surface area contributed by atoms with Gasteiger partial charge in [0, 0.05) is 35.7 Å². The number of aromatic hydroxyl groups is 2. The van der Waals surface area contributed by atoms with Gasteiger partial charge in [-0.2, -0.15) is 0 Å². The van der Waals surface area contributed by atoms with Crippen LogP contribution in [0, 0.1) is 45.8 Å². The van der Waals surface area contributed by atoms with Crippen molar-refractivity contribution in [2.75, 3.05) is 0 Å². The molecule has 7 N–H and O–H groups in total. The van der Waals surface area contributed by atoms with Crippen molar-refractivity contribution < 1.29 is 45.3 Å². The molecule has 9 nitrogen and oxygen atoms in total. The Kier molecular flexibility index (Phi) is 7.48. The molecule has 0 bridgehead atoms. The number of ketones is 1. The van der Waals surface area contributed by atoms with Crippen molar-refractivity contribution in [1.29, 1.82) is 0 Å². The molecule has 5 fully saturated rings. The van der Waals surface area contributed by atoms with E-state index in [0.717, 1.165) is 25.7 Å². The van der Waals surface area contributed by atoms with Gasteiger partial charge in [-0.15, -0.1) is 0 Å². The summed E-state index contributed by atoms with van der Waals surface area (Å²) in [4.78, 5) is 14.6. The standard InChI is InChI=1S/C38H54O9/c1-18(2)19(3)29(43)33-36(6,45)32-26(47-33)16-38(46)23-14-24(41)28-27(20-11-21(39)13-22(40)12-20)30(44)25(42)15-34(28,4)31(23)37(9-7-8-10-37)17-35(32,38)5/h11-14,18-19,25-33,39-40,42-46H,7-10,15-17H2,1-6H3/t19-,25-,26-,27-,28-,29-,30-,31+,32+,33+,34-,35+,36+,38-/m0/s1. The molecule has 47 heavy (non-hydrogen) atoms. The first-order valence-corrected chi connectivity index (χ1v) is 17.8. The van der Waals surface area contributed by atoms with E-state index >= 15 is 0 Å². The van der Waals surface area contributed by atoms with E-state index in [1.54, 1.807) is 13.0 Å². The lowest BCUT2D eigenvalue weighted by molar-refractivity contribution is -0.203. The summed E-state index contributed by atoms with van der Waals surface area (Å²) in [6.07, 6.45) is 1.55. The molecular formula is C38H54O9. The fraction of sp³-hybridized carbons (Fsp3) is 0.763. The third kappa shape index (κ3) is 4.32. The summed E-state index contributed by atoms with van der Waals surface area (Å²) in [5, 5.41) is 80.6. The van der Waals surface area contributed by atoms with Gasteiger partial charge >= 0.3 is 0 Å². The van der Waals surface area contributed by atoms with Crippen LogP contribution in [0.3, 0.4) is 0 Å². The summed E-state index contributed by atoms with van der Waals surface area (Å²) < 4.78 is 6.58. The van der Waals surface area contributed by atoms with Crippen LogP contribution in [0.1, 0.15) is 98.0 Å². The van der Waals surface area contributed by atoms with Crippen molar-refractivity contribution in [3.63, 3.8) is 0 Å². The summed E-state index contributed by atoms with van der Waals surface area (Å²) in [6.45, 7) is 11.9. The molecule has 7 rings (SSSR count). The van der Waals surface area contributed by atoms with Gasteiger partial charge in [-0.1, -0.05) is 47.5 Å². The van der Waals surface area contributed by atoms with E-state index in [1.807, 2.05) is 34.6 Å². The number of benzene rings is 1. The highest BCUT2D eigenvalue weighted by Crippen LogP contribution is 2.77. The number of hydrogen-bond donors (Lipinski definition) is 7. The van der Waals surface area contributed by atoms with Gasteiger partial charge in [-0.25, -0.2) is 0 Å². The normalized spacial score (nSPS) is 48.1. The number of aliphatic hydroxyl groups excluding tert-OH is 3. The number of rotatable bonds is 4. The number of hydrogen-bond acceptors (Lipinski definition) is 9. The highest BCUT2D eigenvalue weighted by Gasteiger charge is 2.79. The molecule has 6 aliphatic rings. The third-order valence-electron chi connectivity index (χ3n) is 14.7. The van der Waals surface area contributed by atoms with E-state index in [9.17, 15) is 40.5 Å². The number of ether oxygens (including phenoxy) is 1. The molecule has 0 unspecified atom stereocenters. The number of carbonyl (C=O) groups excluding carboxylic acids is 1. The second kappa shape index (κ2) is 10.5. The molecule has 1 spiro atoms. The minimum absolute atomic E-state index is 0.112. The maximum Gasteiger partial charge on any atom is 0.160 e. The zero-order valence-electron chi connectivity index (χ0n) is 28.6. The van der Waals surface area contributed by atoms with Crippen molar-refractivity contribution in [2.45, 2.75) is 134 Å². The van der Waals surface area contributed by atoms with E-state index < -0.39 is 70.3 Å². The third-order valence-corrected chi connectivity index (χ3v) is 14.7.